The van der Waals surface area contributed by atoms with Gasteiger partial charge in [-0.25, -0.2) is 0 Å². The maximum absolute atomic E-state index is 12.9. The Morgan fingerprint density at radius 3 is 2.76 bits per heavy atom. The van der Waals surface area contributed by atoms with Crippen molar-refractivity contribution in [3.63, 3.8) is 0 Å². The van der Waals surface area contributed by atoms with E-state index < -0.39 is 0 Å². The second kappa shape index (κ2) is 4.99. The number of nitrogens with zero attached hydrogens (tertiary/aromatic N) is 1. The highest BCUT2D eigenvalue weighted by molar-refractivity contribution is 9.10. The molecule has 4 rings (SSSR count). The maximum Gasteiger partial charge on any atom is 0.266 e. The summed E-state index contributed by atoms with van der Waals surface area (Å²) in [4.78, 5) is 15.7. The largest absolute Gasteiger partial charge is 0.397 e. The molecule has 2 fully saturated rings. The van der Waals surface area contributed by atoms with Crippen molar-refractivity contribution in [2.75, 3.05) is 12.3 Å². The van der Waals surface area contributed by atoms with Crippen molar-refractivity contribution in [3.05, 3.63) is 27.5 Å². The van der Waals surface area contributed by atoms with Gasteiger partial charge in [0.1, 0.15) is 4.88 Å². The van der Waals surface area contributed by atoms with Crippen LogP contribution in [0.25, 0.3) is 10.1 Å². The number of anilines is 1. The second-order valence-corrected chi connectivity index (χ2v) is 8.09. The van der Waals surface area contributed by atoms with Crippen molar-refractivity contribution in [1.82, 2.24) is 4.90 Å². The average molecular weight is 365 g/mol. The zero-order chi connectivity index (χ0) is 14.6. The molecule has 0 unspecified atom stereocenters. The van der Waals surface area contributed by atoms with E-state index in [9.17, 15) is 4.79 Å². The molecule has 0 bridgehead atoms. The lowest BCUT2D eigenvalue weighted by atomic mass is 10.2. The number of carbonyl (C=O) groups is 1. The van der Waals surface area contributed by atoms with Gasteiger partial charge in [0.05, 0.1) is 5.69 Å². The van der Waals surface area contributed by atoms with Crippen LogP contribution >= 0.6 is 27.3 Å². The highest BCUT2D eigenvalue weighted by Crippen LogP contribution is 2.40. The number of thiophene rings is 1. The van der Waals surface area contributed by atoms with E-state index in [-0.39, 0.29) is 5.91 Å². The molecule has 0 atom stereocenters. The van der Waals surface area contributed by atoms with Gasteiger partial charge in [-0.15, -0.1) is 11.3 Å². The molecule has 2 aromatic rings. The Kier molecular flexibility index (Phi) is 3.23. The van der Waals surface area contributed by atoms with Crippen LogP contribution in [-0.2, 0) is 0 Å². The molecule has 2 aliphatic rings. The molecule has 1 amide bonds. The average Bonchev–Trinajstić information content (AvgIpc) is 3.35. The minimum atomic E-state index is 0.138. The van der Waals surface area contributed by atoms with Crippen LogP contribution in [0.15, 0.2) is 22.7 Å². The Bertz CT molecular complexity index is 718. The number of nitrogens with two attached hydrogens (primary N) is 1. The van der Waals surface area contributed by atoms with Crippen LogP contribution in [-0.4, -0.2) is 23.4 Å². The first kappa shape index (κ1) is 13.6. The summed E-state index contributed by atoms with van der Waals surface area (Å²) in [6.45, 7) is 0.918. The smallest absolute Gasteiger partial charge is 0.266 e. The van der Waals surface area contributed by atoms with E-state index in [2.05, 4.69) is 20.8 Å². The van der Waals surface area contributed by atoms with E-state index in [1.807, 2.05) is 18.2 Å². The minimum absolute atomic E-state index is 0.138. The number of rotatable bonds is 4. The van der Waals surface area contributed by atoms with Crippen molar-refractivity contribution < 1.29 is 4.79 Å². The molecule has 2 aliphatic carbocycles. The predicted octanol–water partition coefficient (Wildman–Crippen LogP) is 4.26. The van der Waals surface area contributed by atoms with Gasteiger partial charge in [-0.2, -0.15) is 0 Å². The number of carbonyl (C=O) groups excluding carboxylic acids is 1. The third kappa shape index (κ3) is 2.57. The van der Waals surface area contributed by atoms with Crippen molar-refractivity contribution >= 4 is 48.9 Å². The van der Waals surface area contributed by atoms with Gasteiger partial charge in [0.25, 0.3) is 5.91 Å². The molecule has 1 aromatic heterocycles. The van der Waals surface area contributed by atoms with E-state index in [4.69, 9.17) is 5.73 Å². The van der Waals surface area contributed by atoms with E-state index in [0.717, 1.165) is 44.7 Å². The summed E-state index contributed by atoms with van der Waals surface area (Å²) in [5.41, 5.74) is 6.90. The third-order valence-electron chi connectivity index (χ3n) is 4.28. The zero-order valence-electron chi connectivity index (χ0n) is 11.6. The van der Waals surface area contributed by atoms with Crippen molar-refractivity contribution in [3.8, 4) is 0 Å². The van der Waals surface area contributed by atoms with Crippen molar-refractivity contribution in [2.45, 2.75) is 31.7 Å². The summed E-state index contributed by atoms with van der Waals surface area (Å²) in [6.07, 6.45) is 4.83. The summed E-state index contributed by atoms with van der Waals surface area (Å²) in [7, 11) is 0. The van der Waals surface area contributed by atoms with Crippen LogP contribution in [0.2, 0.25) is 0 Å². The lowest BCUT2D eigenvalue weighted by molar-refractivity contribution is 0.0741. The number of nitrogen functional groups attached to an aromatic ring is 1. The SMILES string of the molecule is Nc1c(C(=O)N(CC2CC2)C2CC2)sc2ccc(Br)cc12. The molecule has 110 valence electrons. The fourth-order valence-electron chi connectivity index (χ4n) is 2.74. The molecule has 0 radical (unpaired) electrons. The van der Waals surface area contributed by atoms with Crippen LogP contribution in [0.3, 0.4) is 0 Å². The lowest BCUT2D eigenvalue weighted by Gasteiger charge is -2.21. The molecule has 1 heterocycles. The van der Waals surface area contributed by atoms with Crippen molar-refractivity contribution in [1.29, 1.82) is 0 Å². The maximum atomic E-state index is 12.9. The molecule has 2 saturated carbocycles. The fraction of sp³-hybridized carbons (Fsp3) is 0.438. The van der Waals surface area contributed by atoms with Gasteiger partial charge >= 0.3 is 0 Å². The van der Waals surface area contributed by atoms with Crippen LogP contribution in [0.4, 0.5) is 5.69 Å². The van der Waals surface area contributed by atoms with Crippen LogP contribution < -0.4 is 5.73 Å². The number of halogens is 1. The Balaban J connectivity index is 1.70. The molecule has 5 heteroatoms. The quantitative estimate of drug-likeness (QED) is 0.880. The van der Waals surface area contributed by atoms with Crippen LogP contribution in [0.5, 0.6) is 0 Å². The minimum Gasteiger partial charge on any atom is -0.397 e. The molecule has 0 saturated heterocycles. The van der Waals surface area contributed by atoms with E-state index in [1.165, 1.54) is 24.2 Å². The van der Waals surface area contributed by atoms with Gasteiger partial charge in [0.15, 0.2) is 0 Å². The molecule has 0 spiro atoms. The van der Waals surface area contributed by atoms with Crippen molar-refractivity contribution in [2.24, 2.45) is 5.92 Å². The summed E-state index contributed by atoms with van der Waals surface area (Å²) < 4.78 is 2.08. The molecule has 3 nitrogen and oxygen atoms in total. The molecule has 0 aliphatic heterocycles. The Hall–Kier alpha value is -1.07. The van der Waals surface area contributed by atoms with Gasteiger partial charge in [-0.3, -0.25) is 4.79 Å². The molecule has 2 N–H and O–H groups in total. The number of hydrogen-bond acceptors (Lipinski definition) is 3. The first-order chi connectivity index (χ1) is 10.1. The topological polar surface area (TPSA) is 46.3 Å². The van der Waals surface area contributed by atoms with Gasteiger partial charge < -0.3 is 10.6 Å². The lowest BCUT2D eigenvalue weighted by Crippen LogP contribution is -2.34. The summed E-state index contributed by atoms with van der Waals surface area (Å²) in [6, 6.07) is 6.48. The Morgan fingerprint density at radius 1 is 1.33 bits per heavy atom. The predicted molar refractivity (Wildman–Crippen MR) is 90.7 cm³/mol. The molecular weight excluding hydrogens is 348 g/mol. The fourth-order valence-corrected chi connectivity index (χ4v) is 4.16. The number of hydrogen-bond donors (Lipinski definition) is 1. The summed E-state index contributed by atoms with van der Waals surface area (Å²) in [5, 5.41) is 0.986. The Morgan fingerprint density at radius 2 is 2.10 bits per heavy atom. The van der Waals surface area contributed by atoms with Gasteiger partial charge in [0.2, 0.25) is 0 Å². The van der Waals surface area contributed by atoms with E-state index >= 15 is 0 Å². The highest BCUT2D eigenvalue weighted by Gasteiger charge is 2.38. The van der Waals surface area contributed by atoms with Crippen LogP contribution in [0, 0.1) is 5.92 Å². The van der Waals surface area contributed by atoms with E-state index in [1.54, 1.807) is 0 Å². The first-order valence-corrected chi connectivity index (χ1v) is 9.03. The van der Waals surface area contributed by atoms with E-state index in [0.29, 0.717) is 11.7 Å². The number of fused-ring (bicyclic) bond motifs is 1. The highest BCUT2D eigenvalue weighted by atomic mass is 79.9. The molecular formula is C16H17BrN2OS. The standard InChI is InChI=1S/C16H17BrN2OS/c17-10-3-6-13-12(7-10)14(18)15(21-13)16(20)19(11-4-5-11)8-9-1-2-9/h3,6-7,9,11H,1-2,4-5,8,18H2. The second-order valence-electron chi connectivity index (χ2n) is 6.12. The summed E-state index contributed by atoms with van der Waals surface area (Å²) >= 11 is 4.99. The van der Waals surface area contributed by atoms with Gasteiger partial charge in [0, 0.05) is 27.1 Å². The van der Waals surface area contributed by atoms with Gasteiger partial charge in [-0.05, 0) is 49.8 Å². The Labute approximate surface area is 136 Å². The normalized spacial score (nSPS) is 18.1. The summed E-state index contributed by atoms with van der Waals surface area (Å²) in [5.74, 6) is 0.860. The van der Waals surface area contributed by atoms with Crippen LogP contribution in [0.1, 0.15) is 35.4 Å². The number of amides is 1. The zero-order valence-corrected chi connectivity index (χ0v) is 14.0. The monoisotopic (exact) mass is 364 g/mol. The molecule has 21 heavy (non-hydrogen) atoms. The first-order valence-electron chi connectivity index (χ1n) is 7.42. The third-order valence-corrected chi connectivity index (χ3v) is 5.95. The molecule has 1 aromatic carbocycles. The number of benzene rings is 1. The van der Waals surface area contributed by atoms with Gasteiger partial charge in [-0.1, -0.05) is 15.9 Å².